The average Bonchev–Trinajstić information content (AvgIpc) is 2.58. The zero-order chi connectivity index (χ0) is 19.1. The number of rotatable bonds is 8. The summed E-state index contributed by atoms with van der Waals surface area (Å²) in [6.07, 6.45) is 5.99. The molecule has 0 unspecified atom stereocenters. The van der Waals surface area contributed by atoms with E-state index in [2.05, 4.69) is 5.32 Å². The van der Waals surface area contributed by atoms with Crippen molar-refractivity contribution in [3.05, 3.63) is 47.6 Å². The molecule has 0 aliphatic carbocycles. The van der Waals surface area contributed by atoms with E-state index in [0.717, 1.165) is 28.5 Å². The number of hydrogen-bond donors (Lipinski definition) is 2. The second-order valence-electron chi connectivity index (χ2n) is 5.03. The second kappa shape index (κ2) is 14.0. The largest absolute Gasteiger partial charge is 0.508 e. The molecule has 0 fully saturated rings. The zero-order valence-corrected chi connectivity index (χ0v) is 15.6. The minimum Gasteiger partial charge on any atom is -0.508 e. The van der Waals surface area contributed by atoms with Crippen molar-refractivity contribution < 1.29 is 19.5 Å². The van der Waals surface area contributed by atoms with E-state index >= 15 is 0 Å². The highest BCUT2D eigenvalue weighted by atomic mass is 32.2. The fourth-order valence-electron chi connectivity index (χ4n) is 1.64. The highest BCUT2D eigenvalue weighted by Gasteiger charge is 1.97. The molecule has 0 radical (unpaired) electrons. The Morgan fingerprint density at radius 2 is 2.00 bits per heavy atom. The highest BCUT2D eigenvalue weighted by Crippen LogP contribution is 2.12. The number of phenolic OH excluding ortho intramolecular Hbond substituents is 1. The van der Waals surface area contributed by atoms with Crippen molar-refractivity contribution in [2.24, 2.45) is 0 Å². The van der Waals surface area contributed by atoms with Gasteiger partial charge in [0.15, 0.2) is 11.4 Å². The summed E-state index contributed by atoms with van der Waals surface area (Å²) in [5.41, 5.74) is 2.42. The van der Waals surface area contributed by atoms with Crippen molar-refractivity contribution >= 4 is 35.1 Å². The SMILES string of the molecule is CC(=O)NCCSC=O.CCC(=O)/C(C)=C/C=C/c1cccc(O)c1. The van der Waals surface area contributed by atoms with Gasteiger partial charge in [0.1, 0.15) is 5.75 Å². The monoisotopic (exact) mass is 363 g/mol. The van der Waals surface area contributed by atoms with Crippen LogP contribution in [0, 0.1) is 0 Å². The maximum atomic E-state index is 11.3. The minimum atomic E-state index is -0.0542. The molecule has 2 N–H and O–H groups in total. The fourth-order valence-corrected chi connectivity index (χ4v) is 1.95. The van der Waals surface area contributed by atoms with E-state index in [4.69, 9.17) is 0 Å². The number of carbonyl (C=O) groups is 3. The first-order chi connectivity index (χ1) is 11.9. The summed E-state index contributed by atoms with van der Waals surface area (Å²) in [4.78, 5) is 31.2. The Morgan fingerprint density at radius 3 is 2.56 bits per heavy atom. The van der Waals surface area contributed by atoms with Gasteiger partial charge in [-0.3, -0.25) is 14.4 Å². The Hall–Kier alpha value is -2.34. The van der Waals surface area contributed by atoms with Crippen LogP contribution >= 0.6 is 11.8 Å². The van der Waals surface area contributed by atoms with Crippen LogP contribution in [0.15, 0.2) is 42.0 Å². The number of benzene rings is 1. The summed E-state index contributed by atoms with van der Waals surface area (Å²) in [7, 11) is 0. The predicted octanol–water partition coefficient (Wildman–Crippen LogP) is 3.38. The van der Waals surface area contributed by atoms with Gasteiger partial charge in [-0.1, -0.05) is 49.0 Å². The molecule has 0 spiro atoms. The first-order valence-electron chi connectivity index (χ1n) is 7.87. The smallest absolute Gasteiger partial charge is 0.216 e. The van der Waals surface area contributed by atoms with E-state index < -0.39 is 0 Å². The summed E-state index contributed by atoms with van der Waals surface area (Å²) in [6, 6.07) is 6.96. The summed E-state index contributed by atoms with van der Waals surface area (Å²) in [5, 5.41) is 11.8. The van der Waals surface area contributed by atoms with E-state index in [1.807, 2.05) is 25.1 Å². The van der Waals surface area contributed by atoms with Gasteiger partial charge in [0, 0.05) is 25.6 Å². The number of carbonyl (C=O) groups excluding carboxylic acids is 3. The first kappa shape index (κ1) is 22.7. The molecule has 1 amide bonds. The Bertz CT molecular complexity index is 624. The lowest BCUT2D eigenvalue weighted by molar-refractivity contribution is -0.119. The Labute approximate surface area is 153 Å². The lowest BCUT2D eigenvalue weighted by Gasteiger charge is -1.95. The molecule has 0 heterocycles. The van der Waals surface area contributed by atoms with Gasteiger partial charge in [0.05, 0.1) is 0 Å². The molecule has 6 heteroatoms. The fraction of sp³-hybridized carbons (Fsp3) is 0.316. The summed E-state index contributed by atoms with van der Waals surface area (Å²) >= 11 is 1.15. The number of aromatic hydroxyl groups is 1. The van der Waals surface area contributed by atoms with Crippen LogP contribution in [0.5, 0.6) is 5.75 Å². The van der Waals surface area contributed by atoms with Gasteiger partial charge in [0.2, 0.25) is 5.91 Å². The minimum absolute atomic E-state index is 0.0542. The molecular weight excluding hydrogens is 338 g/mol. The van der Waals surface area contributed by atoms with Crippen LogP contribution in [0.25, 0.3) is 6.08 Å². The van der Waals surface area contributed by atoms with Crippen molar-refractivity contribution in [2.75, 3.05) is 12.3 Å². The molecular formula is C19H25NO4S. The maximum Gasteiger partial charge on any atom is 0.216 e. The van der Waals surface area contributed by atoms with Gasteiger partial charge < -0.3 is 10.4 Å². The lowest BCUT2D eigenvalue weighted by Crippen LogP contribution is -2.22. The number of ketones is 1. The number of amides is 1. The van der Waals surface area contributed by atoms with Gasteiger partial charge in [-0.05, 0) is 30.2 Å². The van der Waals surface area contributed by atoms with Crippen LogP contribution in [0.3, 0.4) is 0 Å². The van der Waals surface area contributed by atoms with Gasteiger partial charge >= 0.3 is 0 Å². The molecule has 1 aromatic rings. The standard InChI is InChI=1S/C14H16O2.C5H9NO2S/c1-3-14(16)11(2)6-4-7-12-8-5-9-13(15)10-12;1-5(8)6-2-3-9-4-7/h4-10,15H,3H2,1-2H3;4H,2-3H2,1H3,(H,6,8)/b7-4+,11-6+;. The molecule has 0 saturated heterocycles. The van der Waals surface area contributed by atoms with Crippen molar-refractivity contribution in [1.29, 1.82) is 0 Å². The van der Waals surface area contributed by atoms with E-state index in [9.17, 15) is 19.5 Å². The summed E-state index contributed by atoms with van der Waals surface area (Å²) < 4.78 is 0. The normalized spacial score (nSPS) is 10.8. The second-order valence-corrected chi connectivity index (χ2v) is 5.96. The van der Waals surface area contributed by atoms with E-state index in [0.29, 0.717) is 18.7 Å². The maximum absolute atomic E-state index is 11.3. The molecule has 25 heavy (non-hydrogen) atoms. The predicted molar refractivity (Wildman–Crippen MR) is 104 cm³/mol. The molecule has 0 saturated carbocycles. The number of phenols is 1. The molecule has 5 nitrogen and oxygen atoms in total. The van der Waals surface area contributed by atoms with Gasteiger partial charge in [-0.25, -0.2) is 0 Å². The van der Waals surface area contributed by atoms with Crippen molar-refractivity contribution in [1.82, 2.24) is 5.32 Å². The summed E-state index contributed by atoms with van der Waals surface area (Å²) in [6.45, 7) is 5.67. The lowest BCUT2D eigenvalue weighted by atomic mass is 10.1. The van der Waals surface area contributed by atoms with Crippen molar-refractivity contribution in [3.8, 4) is 5.75 Å². The van der Waals surface area contributed by atoms with Crippen LogP contribution in [0.2, 0.25) is 0 Å². The van der Waals surface area contributed by atoms with Crippen LogP contribution in [0.1, 0.15) is 32.8 Å². The quantitative estimate of drug-likeness (QED) is 0.320. The van der Waals surface area contributed by atoms with E-state index in [1.54, 1.807) is 31.2 Å². The topological polar surface area (TPSA) is 83.5 Å². The van der Waals surface area contributed by atoms with E-state index in [-0.39, 0.29) is 17.4 Å². The number of hydrogen-bond acceptors (Lipinski definition) is 5. The summed E-state index contributed by atoms with van der Waals surface area (Å²) in [5.74, 6) is 0.998. The first-order valence-corrected chi connectivity index (χ1v) is 8.92. The Morgan fingerprint density at radius 1 is 1.28 bits per heavy atom. The number of allylic oxidation sites excluding steroid dienone is 3. The number of nitrogens with one attached hydrogen (secondary N) is 1. The van der Waals surface area contributed by atoms with E-state index in [1.165, 1.54) is 6.92 Å². The Kier molecular flexibility index (Phi) is 12.7. The van der Waals surface area contributed by atoms with Crippen molar-refractivity contribution in [3.63, 3.8) is 0 Å². The van der Waals surface area contributed by atoms with Gasteiger partial charge in [0.25, 0.3) is 0 Å². The van der Waals surface area contributed by atoms with Crippen LogP contribution < -0.4 is 5.32 Å². The zero-order valence-electron chi connectivity index (χ0n) is 14.8. The molecule has 0 aromatic heterocycles. The Balaban J connectivity index is 0.000000547. The molecule has 0 aliphatic rings. The van der Waals surface area contributed by atoms with Crippen molar-refractivity contribution in [2.45, 2.75) is 27.2 Å². The third-order valence-corrected chi connectivity index (χ3v) is 3.50. The van der Waals surface area contributed by atoms with Gasteiger partial charge in [-0.2, -0.15) is 0 Å². The van der Waals surface area contributed by atoms with Crippen LogP contribution in [-0.2, 0) is 14.4 Å². The third kappa shape index (κ3) is 12.7. The average molecular weight is 363 g/mol. The third-order valence-electron chi connectivity index (χ3n) is 2.93. The van der Waals surface area contributed by atoms with Crippen LogP contribution in [-0.4, -0.2) is 34.7 Å². The molecule has 0 atom stereocenters. The number of Topliss-reactive ketones (excluding diaryl/α,β-unsaturated/α-hetero) is 1. The van der Waals surface area contributed by atoms with Gasteiger partial charge in [-0.15, -0.1) is 0 Å². The molecule has 0 aliphatic heterocycles. The van der Waals surface area contributed by atoms with Crippen LogP contribution in [0.4, 0.5) is 0 Å². The molecule has 1 aromatic carbocycles. The molecule has 136 valence electrons. The highest BCUT2D eigenvalue weighted by molar-refractivity contribution is 8.11. The number of thioether (sulfide) groups is 1. The molecule has 0 bridgehead atoms. The molecule has 1 rings (SSSR count).